The van der Waals surface area contributed by atoms with Crippen LogP contribution in [0.5, 0.6) is 0 Å². The van der Waals surface area contributed by atoms with E-state index < -0.39 is 15.8 Å². The van der Waals surface area contributed by atoms with Crippen molar-refractivity contribution in [1.29, 1.82) is 0 Å². The fourth-order valence-corrected chi connectivity index (χ4v) is 3.12. The number of hydrazone groups is 1. The van der Waals surface area contributed by atoms with Gasteiger partial charge in [-0.05, 0) is 49.6 Å². The normalized spacial score (nSPS) is 11.9. The molecule has 0 saturated carbocycles. The van der Waals surface area contributed by atoms with Gasteiger partial charge in [0.2, 0.25) is 0 Å². The van der Waals surface area contributed by atoms with Gasteiger partial charge in [0.15, 0.2) is 0 Å². The molecule has 27 heavy (non-hydrogen) atoms. The summed E-state index contributed by atoms with van der Waals surface area (Å²) in [5, 5.41) is 4.02. The Hall–Kier alpha value is -2.74. The zero-order valence-electron chi connectivity index (χ0n) is 15.1. The Morgan fingerprint density at radius 3 is 2.30 bits per heavy atom. The van der Waals surface area contributed by atoms with Crippen LogP contribution in [0, 0.1) is 12.7 Å². The molecule has 0 bridgehead atoms. The number of carbonyl (C=O) groups is 1. The number of benzene rings is 2. The number of hydrogen-bond donors (Lipinski definition) is 1. The topological polar surface area (TPSA) is 84.8 Å². The molecule has 0 saturated heterocycles. The summed E-state index contributed by atoms with van der Waals surface area (Å²) in [6.45, 7) is 1.86. The maximum absolute atomic E-state index is 13.2. The van der Waals surface area contributed by atoms with Gasteiger partial charge in [-0.1, -0.05) is 29.8 Å². The van der Waals surface area contributed by atoms with Crippen molar-refractivity contribution < 1.29 is 22.3 Å². The van der Waals surface area contributed by atoms with E-state index >= 15 is 0 Å². The molecule has 0 radical (unpaired) electrons. The van der Waals surface area contributed by atoms with E-state index in [-0.39, 0.29) is 17.3 Å². The van der Waals surface area contributed by atoms with Crippen LogP contribution in [0.1, 0.15) is 30.4 Å². The molecule has 0 unspecified atom stereocenters. The number of nitrogens with zero attached hydrogens (tertiary/aromatic N) is 1. The molecule has 144 valence electrons. The molecule has 2 rings (SSSR count). The number of rotatable bonds is 8. The third-order valence-electron chi connectivity index (χ3n) is 3.83. The summed E-state index contributed by atoms with van der Waals surface area (Å²) < 4.78 is 42.6. The highest BCUT2D eigenvalue weighted by Crippen LogP contribution is 2.13. The summed E-state index contributed by atoms with van der Waals surface area (Å²) >= 11 is 0. The van der Waals surface area contributed by atoms with E-state index in [0.29, 0.717) is 24.1 Å². The molecule has 8 heteroatoms. The van der Waals surface area contributed by atoms with Crippen molar-refractivity contribution in [2.75, 3.05) is 7.11 Å². The highest BCUT2D eigenvalue weighted by Gasteiger charge is 2.14. The zero-order chi connectivity index (χ0) is 19.9. The van der Waals surface area contributed by atoms with Crippen LogP contribution < -0.4 is 4.83 Å². The summed E-state index contributed by atoms with van der Waals surface area (Å²) in [6.07, 6.45) is 0.897. The maximum atomic E-state index is 13.2. The minimum absolute atomic E-state index is 0.0878. The standard InChI is InChI=1S/C19H21FN2O4S/c1-14-6-12-17(13-7-14)27(24,25)22-21-18(4-3-5-19(23)26-2)15-8-10-16(20)11-9-15/h6-13,22H,3-5H2,1-2H3. The first-order valence-corrected chi connectivity index (χ1v) is 9.78. The molecule has 0 aliphatic heterocycles. The molecular formula is C19H21FN2O4S. The van der Waals surface area contributed by atoms with Gasteiger partial charge in [-0.25, -0.2) is 4.39 Å². The first-order valence-electron chi connectivity index (χ1n) is 8.29. The van der Waals surface area contributed by atoms with Gasteiger partial charge in [-0.3, -0.25) is 4.79 Å². The summed E-state index contributed by atoms with van der Waals surface area (Å²) in [4.78, 5) is 13.6. The minimum Gasteiger partial charge on any atom is -0.469 e. The number of aryl methyl sites for hydroxylation is 1. The van der Waals surface area contributed by atoms with Crippen LogP contribution >= 0.6 is 0 Å². The largest absolute Gasteiger partial charge is 0.469 e. The Bertz CT molecular complexity index is 908. The average Bonchev–Trinajstić information content (AvgIpc) is 2.65. The lowest BCUT2D eigenvalue weighted by atomic mass is 10.0. The van der Waals surface area contributed by atoms with Crippen molar-refractivity contribution in [3.63, 3.8) is 0 Å². The van der Waals surface area contributed by atoms with Gasteiger partial charge in [0.05, 0.1) is 17.7 Å². The van der Waals surface area contributed by atoms with Gasteiger partial charge in [0.25, 0.3) is 10.0 Å². The van der Waals surface area contributed by atoms with E-state index in [4.69, 9.17) is 0 Å². The quantitative estimate of drug-likeness (QED) is 0.425. The lowest BCUT2D eigenvalue weighted by Gasteiger charge is -2.09. The molecular weight excluding hydrogens is 371 g/mol. The van der Waals surface area contributed by atoms with Gasteiger partial charge in [-0.2, -0.15) is 18.4 Å². The molecule has 0 atom stereocenters. The Morgan fingerprint density at radius 1 is 1.07 bits per heavy atom. The molecule has 0 aliphatic rings. The van der Waals surface area contributed by atoms with E-state index in [1.165, 1.54) is 43.5 Å². The number of halogens is 1. The van der Waals surface area contributed by atoms with E-state index in [1.807, 2.05) is 6.92 Å². The molecule has 2 aromatic carbocycles. The van der Waals surface area contributed by atoms with Gasteiger partial charge in [0.1, 0.15) is 5.82 Å². The van der Waals surface area contributed by atoms with Crippen LogP contribution in [0.2, 0.25) is 0 Å². The summed E-state index contributed by atoms with van der Waals surface area (Å²) in [5.41, 5.74) is 1.90. The molecule has 0 aromatic heterocycles. The predicted octanol–water partition coefficient (Wildman–Crippen LogP) is 3.16. The first kappa shape index (κ1) is 20.6. The zero-order valence-corrected chi connectivity index (χ0v) is 15.9. The average molecular weight is 392 g/mol. The fourth-order valence-electron chi connectivity index (χ4n) is 2.29. The molecule has 0 heterocycles. The number of ether oxygens (including phenoxy) is 1. The third kappa shape index (κ3) is 6.18. The van der Waals surface area contributed by atoms with Crippen LogP contribution in [-0.2, 0) is 19.6 Å². The van der Waals surface area contributed by atoms with E-state index in [0.717, 1.165) is 5.56 Å². The van der Waals surface area contributed by atoms with Crippen molar-refractivity contribution in [2.45, 2.75) is 31.1 Å². The van der Waals surface area contributed by atoms with Crippen molar-refractivity contribution in [2.24, 2.45) is 5.10 Å². The van der Waals surface area contributed by atoms with Gasteiger partial charge in [0, 0.05) is 6.42 Å². The lowest BCUT2D eigenvalue weighted by molar-refractivity contribution is -0.140. The van der Waals surface area contributed by atoms with Crippen LogP contribution in [0.3, 0.4) is 0 Å². The van der Waals surface area contributed by atoms with Gasteiger partial charge >= 0.3 is 5.97 Å². The van der Waals surface area contributed by atoms with Gasteiger partial charge in [-0.15, -0.1) is 0 Å². The molecule has 1 N–H and O–H groups in total. The first-order chi connectivity index (χ1) is 12.8. The number of sulfonamides is 1. The summed E-state index contributed by atoms with van der Waals surface area (Å²) in [7, 11) is -2.54. The van der Waals surface area contributed by atoms with E-state index in [2.05, 4.69) is 14.7 Å². The van der Waals surface area contributed by atoms with E-state index in [1.54, 1.807) is 12.1 Å². The highest BCUT2D eigenvalue weighted by atomic mass is 32.2. The van der Waals surface area contributed by atoms with Crippen molar-refractivity contribution >= 4 is 21.7 Å². The maximum Gasteiger partial charge on any atom is 0.305 e. The number of hydrogen-bond acceptors (Lipinski definition) is 5. The monoisotopic (exact) mass is 392 g/mol. The fraction of sp³-hybridized carbons (Fsp3) is 0.263. The van der Waals surface area contributed by atoms with Gasteiger partial charge < -0.3 is 4.74 Å². The van der Waals surface area contributed by atoms with Crippen LogP contribution in [-0.4, -0.2) is 27.2 Å². The molecule has 2 aromatic rings. The Kier molecular flexibility index (Phi) is 7.06. The summed E-state index contributed by atoms with van der Waals surface area (Å²) in [6, 6.07) is 11.9. The second kappa shape index (κ2) is 9.27. The minimum atomic E-state index is -3.84. The SMILES string of the molecule is COC(=O)CCCC(=NNS(=O)(=O)c1ccc(C)cc1)c1ccc(F)cc1. The molecule has 0 spiro atoms. The van der Waals surface area contributed by atoms with Crippen molar-refractivity contribution in [3.8, 4) is 0 Å². The number of esters is 1. The third-order valence-corrected chi connectivity index (χ3v) is 5.06. The molecule has 6 nitrogen and oxygen atoms in total. The predicted molar refractivity (Wildman–Crippen MR) is 100 cm³/mol. The van der Waals surface area contributed by atoms with E-state index in [9.17, 15) is 17.6 Å². The van der Waals surface area contributed by atoms with Crippen molar-refractivity contribution in [1.82, 2.24) is 4.83 Å². The molecule has 0 fully saturated rings. The Morgan fingerprint density at radius 2 is 1.70 bits per heavy atom. The molecule has 0 amide bonds. The van der Waals surface area contributed by atoms with Crippen LogP contribution in [0.25, 0.3) is 0 Å². The number of methoxy groups -OCH3 is 1. The van der Waals surface area contributed by atoms with Crippen molar-refractivity contribution in [3.05, 3.63) is 65.5 Å². The smallest absolute Gasteiger partial charge is 0.305 e. The Balaban J connectivity index is 2.21. The second-order valence-corrected chi connectivity index (χ2v) is 7.56. The molecule has 0 aliphatic carbocycles. The lowest BCUT2D eigenvalue weighted by Crippen LogP contribution is -2.21. The Labute approximate surface area is 158 Å². The van der Waals surface area contributed by atoms with Crippen LogP contribution in [0.4, 0.5) is 4.39 Å². The van der Waals surface area contributed by atoms with Crippen LogP contribution in [0.15, 0.2) is 58.5 Å². The number of nitrogens with one attached hydrogen (secondary N) is 1. The summed E-state index contributed by atoms with van der Waals surface area (Å²) in [5.74, 6) is -0.776. The second-order valence-electron chi connectivity index (χ2n) is 5.90. The highest BCUT2D eigenvalue weighted by molar-refractivity contribution is 7.89. The number of carbonyl (C=O) groups excluding carboxylic acids is 1.